The number of likely N-dealkylation sites (tertiary alicyclic amines) is 1. The topological polar surface area (TPSA) is 124 Å². The van der Waals surface area contributed by atoms with Crippen LogP contribution in [0.4, 0.5) is 4.39 Å². The van der Waals surface area contributed by atoms with Gasteiger partial charge in [-0.05, 0) is 38.3 Å². The van der Waals surface area contributed by atoms with Crippen molar-refractivity contribution in [2.45, 2.75) is 82.0 Å². The number of hydroxylamine groups is 1. The molecule has 11 heteroatoms. The van der Waals surface area contributed by atoms with Gasteiger partial charge >= 0.3 is 0 Å². The van der Waals surface area contributed by atoms with Crippen molar-refractivity contribution in [3.63, 3.8) is 0 Å². The third-order valence-corrected chi connectivity index (χ3v) is 8.14. The lowest BCUT2D eigenvalue weighted by Gasteiger charge is -2.29. The highest BCUT2D eigenvalue weighted by Crippen LogP contribution is 2.32. The summed E-state index contributed by atoms with van der Waals surface area (Å²) >= 11 is 0. The van der Waals surface area contributed by atoms with E-state index in [0.717, 1.165) is 18.4 Å². The fourth-order valence-corrected chi connectivity index (χ4v) is 5.91. The number of hydrogen-bond donors (Lipinski definition) is 5. The monoisotopic (exact) mass is 566 g/mol. The summed E-state index contributed by atoms with van der Waals surface area (Å²) in [6.07, 6.45) is 1.54. The van der Waals surface area contributed by atoms with Gasteiger partial charge in [0.25, 0.3) is 0 Å². The molecule has 0 aliphatic carbocycles. The molecule has 3 aliphatic rings. The van der Waals surface area contributed by atoms with Crippen molar-refractivity contribution >= 4 is 17.7 Å². The number of rotatable bonds is 9. The minimum Gasteiger partial charge on any atom is -0.349 e. The second-order valence-corrected chi connectivity index (χ2v) is 11.2. The number of nitrogens with zero attached hydrogens (tertiary/aromatic N) is 1. The zero-order chi connectivity index (χ0) is 28.9. The van der Waals surface area contributed by atoms with E-state index in [2.05, 4.69) is 26.7 Å². The molecule has 3 aliphatic heterocycles. The summed E-state index contributed by atoms with van der Waals surface area (Å²) in [5, 5.41) is 12.4. The lowest BCUT2D eigenvalue weighted by atomic mass is 10.0. The molecule has 3 saturated heterocycles. The summed E-state index contributed by atoms with van der Waals surface area (Å²) < 4.78 is 14.3. The largest absolute Gasteiger partial charge is 0.349 e. The molecule has 5 N–H and O–H groups in total. The van der Waals surface area contributed by atoms with E-state index in [-0.39, 0.29) is 42.5 Å². The molecule has 3 heterocycles. The molecule has 0 aromatic heterocycles. The molecule has 5 rings (SSSR count). The van der Waals surface area contributed by atoms with Crippen LogP contribution in [-0.4, -0.2) is 66.1 Å². The van der Waals surface area contributed by atoms with Crippen LogP contribution in [0.2, 0.25) is 0 Å². The lowest BCUT2D eigenvalue weighted by Crippen LogP contribution is -2.58. The Morgan fingerprint density at radius 2 is 1.85 bits per heavy atom. The fourth-order valence-electron chi connectivity index (χ4n) is 5.91. The van der Waals surface area contributed by atoms with E-state index in [4.69, 9.17) is 4.84 Å². The normalized spacial score (nSPS) is 27.4. The van der Waals surface area contributed by atoms with Gasteiger partial charge in [-0.15, -0.1) is 0 Å². The number of carbonyl (C=O) groups is 3. The maximum absolute atomic E-state index is 14.3. The Kier molecular flexibility index (Phi) is 9.29. The number of carbonyl (C=O) groups excluding carboxylic acids is 3. The molecule has 0 radical (unpaired) electrons. The minimum atomic E-state index is -1.07. The molecule has 3 amide bonds. The predicted octanol–water partition coefficient (Wildman–Crippen LogP) is 1.81. The molecule has 41 heavy (non-hydrogen) atoms. The second-order valence-electron chi connectivity index (χ2n) is 11.2. The highest BCUT2D eigenvalue weighted by atomic mass is 19.1. The van der Waals surface area contributed by atoms with Gasteiger partial charge in [-0.2, -0.15) is 5.48 Å². The quantitative estimate of drug-likeness (QED) is 0.314. The summed E-state index contributed by atoms with van der Waals surface area (Å²) in [6, 6.07) is 14.0. The molecule has 0 spiro atoms. The average molecular weight is 567 g/mol. The number of benzene rings is 2. The number of amides is 3. The first-order chi connectivity index (χ1) is 19.8. The summed E-state index contributed by atoms with van der Waals surface area (Å²) in [6.45, 7) is 4.77. The highest BCUT2D eigenvalue weighted by Gasteiger charge is 2.37. The van der Waals surface area contributed by atoms with Crippen molar-refractivity contribution < 1.29 is 23.6 Å². The first-order valence-electron chi connectivity index (χ1n) is 14.4. The van der Waals surface area contributed by atoms with Crippen LogP contribution in [-0.2, 0) is 19.2 Å². The van der Waals surface area contributed by atoms with Gasteiger partial charge < -0.3 is 15.5 Å². The van der Waals surface area contributed by atoms with Gasteiger partial charge in [0.2, 0.25) is 17.7 Å². The van der Waals surface area contributed by atoms with E-state index in [9.17, 15) is 18.8 Å². The third-order valence-electron chi connectivity index (χ3n) is 8.14. The third kappa shape index (κ3) is 6.92. The molecule has 220 valence electrons. The second kappa shape index (κ2) is 13.1. The standard InChI is InChI=1S/C30H39FN6O4/c1-18-15-24(36-41-18)30(40)35-23(16-27(38)37-14-8-13-26(37)20-9-4-3-5-10-20)29(39)33-19(2)28-32-17-25(34-28)21-11-6-7-12-22(21)31/h3-7,9-12,18-19,23-26,28,32,34,36H,8,13-17H2,1-2H3,(H,33,39)(H,35,40)/t18?,19-,23-,24?,25?,26+,28?/m0/s1. The Morgan fingerprint density at radius 3 is 2.59 bits per heavy atom. The average Bonchev–Trinajstić information content (AvgIpc) is 3.74. The molecule has 7 atom stereocenters. The van der Waals surface area contributed by atoms with Crippen LogP contribution >= 0.6 is 0 Å². The maximum atomic E-state index is 14.3. The van der Waals surface area contributed by atoms with Gasteiger partial charge in [-0.3, -0.25) is 29.9 Å². The Labute approximate surface area is 239 Å². The molecular formula is C30H39FN6O4. The van der Waals surface area contributed by atoms with Gasteiger partial charge in [0.15, 0.2) is 0 Å². The molecule has 0 bridgehead atoms. The van der Waals surface area contributed by atoms with E-state index in [1.165, 1.54) is 6.07 Å². The number of nitrogens with one attached hydrogen (secondary N) is 5. The van der Waals surface area contributed by atoms with Crippen molar-refractivity contribution in [2.24, 2.45) is 0 Å². The highest BCUT2D eigenvalue weighted by molar-refractivity contribution is 5.93. The van der Waals surface area contributed by atoms with E-state index in [1.54, 1.807) is 18.2 Å². The molecule has 2 aromatic carbocycles. The summed E-state index contributed by atoms with van der Waals surface area (Å²) in [7, 11) is 0. The Hall–Kier alpha value is -3.38. The number of halogens is 1. The van der Waals surface area contributed by atoms with E-state index >= 15 is 0 Å². The van der Waals surface area contributed by atoms with Gasteiger partial charge in [-0.1, -0.05) is 48.5 Å². The summed E-state index contributed by atoms with van der Waals surface area (Å²) in [5.41, 5.74) is 4.32. The van der Waals surface area contributed by atoms with Crippen LogP contribution in [0, 0.1) is 5.82 Å². The Bertz CT molecular complexity index is 1230. The molecular weight excluding hydrogens is 527 g/mol. The fraction of sp³-hybridized carbons (Fsp3) is 0.500. The van der Waals surface area contributed by atoms with Gasteiger partial charge in [0, 0.05) is 31.1 Å². The first-order valence-corrected chi connectivity index (χ1v) is 14.4. The summed E-state index contributed by atoms with van der Waals surface area (Å²) in [4.78, 5) is 47.3. The maximum Gasteiger partial charge on any atom is 0.243 e. The van der Waals surface area contributed by atoms with Crippen molar-refractivity contribution in [3.8, 4) is 0 Å². The minimum absolute atomic E-state index is 0.0602. The van der Waals surface area contributed by atoms with Crippen molar-refractivity contribution in [3.05, 3.63) is 71.5 Å². The molecule has 4 unspecified atom stereocenters. The predicted molar refractivity (Wildman–Crippen MR) is 150 cm³/mol. The molecule has 3 fully saturated rings. The van der Waals surface area contributed by atoms with Gasteiger partial charge in [0.1, 0.15) is 17.9 Å². The van der Waals surface area contributed by atoms with Crippen molar-refractivity contribution in [1.82, 2.24) is 31.6 Å². The first kappa shape index (κ1) is 29.1. The zero-order valence-electron chi connectivity index (χ0n) is 23.4. The smallest absolute Gasteiger partial charge is 0.243 e. The van der Waals surface area contributed by atoms with E-state index in [1.807, 2.05) is 49.1 Å². The van der Waals surface area contributed by atoms with E-state index < -0.39 is 29.9 Å². The van der Waals surface area contributed by atoms with Crippen molar-refractivity contribution in [2.75, 3.05) is 13.1 Å². The van der Waals surface area contributed by atoms with Crippen LogP contribution < -0.4 is 26.7 Å². The van der Waals surface area contributed by atoms with Crippen molar-refractivity contribution in [1.29, 1.82) is 0 Å². The Balaban J connectivity index is 1.25. The van der Waals surface area contributed by atoms with Crippen LogP contribution in [0.3, 0.4) is 0 Å². The van der Waals surface area contributed by atoms with Gasteiger partial charge in [0.05, 0.1) is 30.8 Å². The zero-order valence-corrected chi connectivity index (χ0v) is 23.4. The lowest BCUT2D eigenvalue weighted by molar-refractivity contribution is -0.137. The molecule has 0 saturated carbocycles. The number of hydrogen-bond acceptors (Lipinski definition) is 7. The van der Waals surface area contributed by atoms with E-state index in [0.29, 0.717) is 25.1 Å². The van der Waals surface area contributed by atoms with Crippen LogP contribution in [0.15, 0.2) is 54.6 Å². The summed E-state index contributed by atoms with van der Waals surface area (Å²) in [5.74, 6) is -1.34. The van der Waals surface area contributed by atoms with Crippen LogP contribution in [0.1, 0.15) is 62.7 Å². The SMILES string of the molecule is CC1CC(C(=O)N[C@@H](CC(=O)N2CCC[C@@H]2c2ccccc2)C(=O)N[C@@H](C)C2NCC(c3ccccc3F)N2)NO1. The van der Waals surface area contributed by atoms with Gasteiger partial charge in [-0.25, -0.2) is 4.39 Å². The molecule has 10 nitrogen and oxygen atoms in total. The van der Waals surface area contributed by atoms with Crippen LogP contribution in [0.5, 0.6) is 0 Å². The molecule has 2 aromatic rings. The van der Waals surface area contributed by atoms with Crippen LogP contribution in [0.25, 0.3) is 0 Å². The Morgan fingerprint density at radius 1 is 1.10 bits per heavy atom.